The number of hydrogen-bond donors (Lipinski definition) is 2. The van der Waals surface area contributed by atoms with Crippen molar-refractivity contribution in [2.24, 2.45) is 11.7 Å². The molecule has 3 N–H and O–H groups in total. The van der Waals surface area contributed by atoms with Gasteiger partial charge in [-0.2, -0.15) is 0 Å². The predicted octanol–water partition coefficient (Wildman–Crippen LogP) is 5.61. The van der Waals surface area contributed by atoms with Crippen molar-refractivity contribution in [2.75, 3.05) is 5.32 Å². The van der Waals surface area contributed by atoms with Crippen molar-refractivity contribution in [3.8, 4) is 11.3 Å². The Balaban J connectivity index is 1.49. The summed E-state index contributed by atoms with van der Waals surface area (Å²) in [5, 5.41) is 3.77. The summed E-state index contributed by atoms with van der Waals surface area (Å²) >= 11 is 6.45. The summed E-state index contributed by atoms with van der Waals surface area (Å²) in [4.78, 5) is 9.22. The fourth-order valence-corrected chi connectivity index (χ4v) is 4.19. The molecule has 0 aliphatic heterocycles. The van der Waals surface area contributed by atoms with Gasteiger partial charge in [-0.15, -0.1) is 0 Å². The number of benzene rings is 1. The highest BCUT2D eigenvalue weighted by Gasteiger charge is 2.20. The van der Waals surface area contributed by atoms with Crippen LogP contribution in [-0.2, 0) is 13.0 Å². The monoisotopic (exact) mass is 424 g/mol. The molecule has 1 saturated carbocycles. The van der Waals surface area contributed by atoms with Gasteiger partial charge < -0.3 is 11.1 Å². The number of halogens is 2. The highest BCUT2D eigenvalue weighted by atomic mass is 35.5. The molecule has 2 aromatic heterocycles. The van der Waals surface area contributed by atoms with E-state index in [4.69, 9.17) is 17.3 Å². The molecule has 0 amide bonds. The van der Waals surface area contributed by atoms with Gasteiger partial charge in [-0.25, -0.2) is 9.37 Å². The Morgan fingerprint density at radius 2 is 1.87 bits per heavy atom. The summed E-state index contributed by atoms with van der Waals surface area (Å²) < 4.78 is 13.9. The lowest BCUT2D eigenvalue weighted by Gasteiger charge is -2.25. The van der Waals surface area contributed by atoms with Crippen molar-refractivity contribution in [3.05, 3.63) is 76.8 Å². The first kappa shape index (κ1) is 20.8. The van der Waals surface area contributed by atoms with Crippen LogP contribution in [0.25, 0.3) is 11.3 Å². The molecule has 30 heavy (non-hydrogen) atoms. The second-order valence-electron chi connectivity index (χ2n) is 7.99. The molecule has 3 aromatic rings. The van der Waals surface area contributed by atoms with Crippen molar-refractivity contribution >= 4 is 17.4 Å². The predicted molar refractivity (Wildman–Crippen MR) is 120 cm³/mol. The summed E-state index contributed by atoms with van der Waals surface area (Å²) in [5.41, 5.74) is 9.29. The molecule has 1 aromatic carbocycles. The topological polar surface area (TPSA) is 63.8 Å². The average molecular weight is 425 g/mol. The van der Waals surface area contributed by atoms with E-state index in [-0.39, 0.29) is 5.82 Å². The molecule has 4 nitrogen and oxygen atoms in total. The van der Waals surface area contributed by atoms with Crippen LogP contribution in [0.3, 0.4) is 0 Å². The number of hydrogen-bond acceptors (Lipinski definition) is 4. The maximum absolute atomic E-state index is 13.9. The zero-order valence-electron chi connectivity index (χ0n) is 16.8. The van der Waals surface area contributed by atoms with Crippen LogP contribution < -0.4 is 11.1 Å². The third kappa shape index (κ3) is 5.15. The van der Waals surface area contributed by atoms with Crippen LogP contribution in [0.5, 0.6) is 0 Å². The molecular formula is C24H26ClFN4. The van der Waals surface area contributed by atoms with E-state index in [1.165, 1.54) is 6.07 Å². The normalized spacial score (nSPS) is 18.9. The number of pyridine rings is 2. The smallest absolute Gasteiger partial charge is 0.128 e. The van der Waals surface area contributed by atoms with Crippen LogP contribution in [0.1, 0.15) is 36.9 Å². The number of nitrogens with zero attached hydrogens (tertiary/aromatic N) is 2. The Hall–Kier alpha value is -2.50. The van der Waals surface area contributed by atoms with Crippen LogP contribution >= 0.6 is 11.6 Å². The fourth-order valence-electron chi connectivity index (χ4n) is 3.99. The molecule has 0 radical (unpaired) electrons. The highest BCUT2D eigenvalue weighted by molar-refractivity contribution is 6.33. The van der Waals surface area contributed by atoms with Gasteiger partial charge in [-0.05, 0) is 62.3 Å². The van der Waals surface area contributed by atoms with E-state index in [9.17, 15) is 4.39 Å². The summed E-state index contributed by atoms with van der Waals surface area (Å²) in [6.45, 7) is 0.363. The fraction of sp³-hybridized carbons (Fsp3) is 0.333. The van der Waals surface area contributed by atoms with Crippen LogP contribution in [0.2, 0.25) is 5.02 Å². The van der Waals surface area contributed by atoms with Crippen LogP contribution in [-0.4, -0.2) is 16.0 Å². The molecular weight excluding hydrogens is 399 g/mol. The lowest BCUT2D eigenvalue weighted by Crippen LogP contribution is -2.27. The SMILES string of the molecule is NC1CCC(Cc2cc(-c3cccc(NCc4ccccc4F)n3)c(Cl)cn2)CC1. The van der Waals surface area contributed by atoms with E-state index >= 15 is 0 Å². The molecule has 6 heteroatoms. The molecule has 0 saturated heterocycles. The van der Waals surface area contributed by atoms with Gasteiger partial charge in [0.25, 0.3) is 0 Å². The molecule has 2 heterocycles. The minimum absolute atomic E-state index is 0.230. The molecule has 156 valence electrons. The number of anilines is 1. The summed E-state index contributed by atoms with van der Waals surface area (Å²) in [7, 11) is 0. The first-order chi connectivity index (χ1) is 14.6. The van der Waals surface area contributed by atoms with Crippen LogP contribution in [0.4, 0.5) is 10.2 Å². The Kier molecular flexibility index (Phi) is 6.60. The molecule has 1 fully saturated rings. The molecule has 1 aliphatic carbocycles. The van der Waals surface area contributed by atoms with E-state index in [1.54, 1.807) is 18.3 Å². The van der Waals surface area contributed by atoms with Crippen LogP contribution in [0.15, 0.2) is 54.7 Å². The van der Waals surface area contributed by atoms with Gasteiger partial charge in [0.2, 0.25) is 0 Å². The maximum atomic E-state index is 13.9. The van der Waals surface area contributed by atoms with Crippen molar-refractivity contribution < 1.29 is 4.39 Å². The van der Waals surface area contributed by atoms with Gasteiger partial charge >= 0.3 is 0 Å². The number of nitrogens with one attached hydrogen (secondary N) is 1. The highest BCUT2D eigenvalue weighted by Crippen LogP contribution is 2.30. The standard InChI is InChI=1S/C24H26ClFN4/c25-21-15-28-19(12-16-8-10-18(27)11-9-16)13-20(21)23-6-3-7-24(30-23)29-14-17-4-1-2-5-22(17)26/h1-7,13,15-16,18H,8-12,14,27H2,(H,29,30). The largest absolute Gasteiger partial charge is 0.366 e. The minimum atomic E-state index is -0.230. The van der Waals surface area contributed by atoms with E-state index in [0.717, 1.165) is 49.1 Å². The molecule has 0 bridgehead atoms. The van der Waals surface area contributed by atoms with Gasteiger partial charge in [0, 0.05) is 35.6 Å². The van der Waals surface area contributed by atoms with Gasteiger partial charge in [0.15, 0.2) is 0 Å². The Bertz CT molecular complexity index is 1000. The lowest BCUT2D eigenvalue weighted by atomic mass is 9.83. The Morgan fingerprint density at radius 1 is 1.07 bits per heavy atom. The number of nitrogens with two attached hydrogens (primary N) is 1. The molecule has 4 rings (SSSR count). The Labute approximate surface area is 181 Å². The summed E-state index contributed by atoms with van der Waals surface area (Å²) in [6, 6.07) is 14.8. The lowest BCUT2D eigenvalue weighted by molar-refractivity contribution is 0.323. The minimum Gasteiger partial charge on any atom is -0.366 e. The molecule has 0 spiro atoms. The summed E-state index contributed by atoms with van der Waals surface area (Å²) in [6.07, 6.45) is 7.11. The molecule has 0 atom stereocenters. The van der Waals surface area contributed by atoms with Crippen molar-refractivity contribution in [3.63, 3.8) is 0 Å². The number of aromatic nitrogens is 2. The van der Waals surface area contributed by atoms with Crippen molar-refractivity contribution in [2.45, 2.75) is 44.7 Å². The van der Waals surface area contributed by atoms with Crippen molar-refractivity contribution in [1.29, 1.82) is 0 Å². The first-order valence-corrected chi connectivity index (χ1v) is 10.8. The average Bonchev–Trinajstić information content (AvgIpc) is 2.76. The van der Waals surface area contributed by atoms with E-state index in [1.807, 2.05) is 30.3 Å². The van der Waals surface area contributed by atoms with Gasteiger partial charge in [-0.3, -0.25) is 4.98 Å². The van der Waals surface area contributed by atoms with Crippen molar-refractivity contribution in [1.82, 2.24) is 9.97 Å². The Morgan fingerprint density at radius 3 is 2.67 bits per heavy atom. The van der Waals surface area contributed by atoms with E-state index in [2.05, 4.69) is 15.3 Å². The summed E-state index contributed by atoms with van der Waals surface area (Å²) in [5.74, 6) is 1.06. The first-order valence-electron chi connectivity index (χ1n) is 10.4. The molecule has 1 aliphatic rings. The van der Waals surface area contributed by atoms with Gasteiger partial charge in [0.1, 0.15) is 11.6 Å². The molecule has 0 unspecified atom stereocenters. The van der Waals surface area contributed by atoms with Gasteiger partial charge in [-0.1, -0.05) is 35.9 Å². The second kappa shape index (κ2) is 9.54. The zero-order valence-corrected chi connectivity index (χ0v) is 17.6. The maximum Gasteiger partial charge on any atom is 0.128 e. The quantitative estimate of drug-likeness (QED) is 0.540. The second-order valence-corrected chi connectivity index (χ2v) is 8.40. The van der Waals surface area contributed by atoms with E-state index < -0.39 is 0 Å². The van der Waals surface area contributed by atoms with Crippen LogP contribution in [0, 0.1) is 11.7 Å². The third-order valence-electron chi connectivity index (χ3n) is 5.74. The zero-order chi connectivity index (χ0) is 20.9. The van der Waals surface area contributed by atoms with Gasteiger partial charge in [0.05, 0.1) is 10.7 Å². The third-order valence-corrected chi connectivity index (χ3v) is 6.05. The number of rotatable bonds is 6. The van der Waals surface area contributed by atoms with E-state index in [0.29, 0.717) is 34.9 Å².